The van der Waals surface area contributed by atoms with Crippen molar-refractivity contribution in [3.63, 3.8) is 0 Å². The number of nitrogens with zero attached hydrogens (tertiary/aromatic N) is 5. The summed E-state index contributed by atoms with van der Waals surface area (Å²) in [4.78, 5) is 12.6. The first kappa shape index (κ1) is 18.5. The largest absolute Gasteiger partial charge is 0.339 e. The van der Waals surface area contributed by atoms with E-state index in [1.165, 1.54) is 0 Å². The van der Waals surface area contributed by atoms with Crippen LogP contribution in [-0.2, 0) is 16.4 Å². The molecule has 3 heterocycles. The van der Waals surface area contributed by atoms with Gasteiger partial charge < -0.3 is 4.52 Å². The molecule has 2 fully saturated rings. The highest BCUT2D eigenvalue weighted by Gasteiger charge is 2.36. The van der Waals surface area contributed by atoms with E-state index in [1.54, 1.807) is 22.9 Å². The van der Waals surface area contributed by atoms with Crippen LogP contribution in [0.2, 0.25) is 0 Å². The lowest BCUT2D eigenvalue weighted by Crippen LogP contribution is -2.45. The third-order valence-electron chi connectivity index (χ3n) is 5.54. The molecule has 1 aliphatic heterocycles. The van der Waals surface area contributed by atoms with E-state index >= 15 is 0 Å². The third kappa shape index (κ3) is 4.19. The molecule has 0 spiro atoms. The van der Waals surface area contributed by atoms with Crippen LogP contribution in [0.1, 0.15) is 50.8 Å². The Labute approximate surface area is 159 Å². The molecule has 1 saturated heterocycles. The van der Waals surface area contributed by atoms with Gasteiger partial charge in [-0.1, -0.05) is 24.4 Å². The van der Waals surface area contributed by atoms with Crippen LogP contribution in [0.4, 0.5) is 0 Å². The summed E-state index contributed by atoms with van der Waals surface area (Å²) in [6.45, 7) is 1.17. The lowest BCUT2D eigenvalue weighted by molar-refractivity contribution is 0.243. The van der Waals surface area contributed by atoms with Crippen LogP contribution in [0, 0.1) is 5.92 Å². The molecule has 0 aromatic carbocycles. The Morgan fingerprint density at radius 3 is 2.74 bits per heavy atom. The zero-order chi connectivity index (χ0) is 18.7. The average Bonchev–Trinajstić information content (AvgIpc) is 3.18. The van der Waals surface area contributed by atoms with Gasteiger partial charge in [-0.2, -0.15) is 4.98 Å². The molecule has 8 nitrogen and oxygen atoms in total. The summed E-state index contributed by atoms with van der Waals surface area (Å²) in [5.41, 5.74) is 0.567. The van der Waals surface area contributed by atoms with E-state index in [9.17, 15) is 8.42 Å². The summed E-state index contributed by atoms with van der Waals surface area (Å²) in [7, 11) is -3.20. The van der Waals surface area contributed by atoms with Gasteiger partial charge in [0, 0.05) is 31.9 Å². The highest BCUT2D eigenvalue weighted by atomic mass is 32.2. The first-order chi connectivity index (χ1) is 13.1. The highest BCUT2D eigenvalue weighted by Crippen LogP contribution is 2.30. The summed E-state index contributed by atoms with van der Waals surface area (Å²) >= 11 is 0. The van der Waals surface area contributed by atoms with Gasteiger partial charge >= 0.3 is 0 Å². The van der Waals surface area contributed by atoms with Crippen LogP contribution in [-0.4, -0.2) is 51.2 Å². The molecule has 0 radical (unpaired) electrons. The number of aromatic nitrogens is 4. The van der Waals surface area contributed by atoms with Gasteiger partial charge in [-0.3, -0.25) is 4.98 Å². The predicted molar refractivity (Wildman–Crippen MR) is 99.1 cm³/mol. The summed E-state index contributed by atoms with van der Waals surface area (Å²) in [5, 5.41) is 3.78. The molecule has 0 N–H and O–H groups in total. The zero-order valence-corrected chi connectivity index (χ0v) is 16.1. The Hall–Kier alpha value is -1.87. The molecular formula is C18H25N5O3S. The van der Waals surface area contributed by atoms with Crippen molar-refractivity contribution in [2.75, 3.05) is 13.1 Å². The molecule has 1 unspecified atom stereocenters. The second kappa shape index (κ2) is 8.02. The van der Waals surface area contributed by atoms with Gasteiger partial charge in [-0.25, -0.2) is 17.7 Å². The fourth-order valence-electron chi connectivity index (χ4n) is 4.10. The van der Waals surface area contributed by atoms with Crippen LogP contribution in [0.15, 0.2) is 23.1 Å². The minimum atomic E-state index is -3.20. The van der Waals surface area contributed by atoms with Crippen molar-refractivity contribution < 1.29 is 12.9 Å². The van der Waals surface area contributed by atoms with Crippen molar-refractivity contribution in [3.05, 3.63) is 24.5 Å². The van der Waals surface area contributed by atoms with Gasteiger partial charge in [0.1, 0.15) is 5.69 Å². The Morgan fingerprint density at radius 2 is 1.96 bits per heavy atom. The van der Waals surface area contributed by atoms with Gasteiger partial charge in [0.25, 0.3) is 0 Å². The Kier molecular flexibility index (Phi) is 5.49. The lowest BCUT2D eigenvalue weighted by Gasteiger charge is -2.35. The van der Waals surface area contributed by atoms with Crippen LogP contribution in [0.5, 0.6) is 0 Å². The Morgan fingerprint density at radius 1 is 1.11 bits per heavy atom. The number of piperidine rings is 1. The first-order valence-corrected chi connectivity index (χ1v) is 11.2. The van der Waals surface area contributed by atoms with E-state index in [0.717, 1.165) is 44.9 Å². The molecule has 2 aromatic rings. The van der Waals surface area contributed by atoms with E-state index < -0.39 is 10.0 Å². The van der Waals surface area contributed by atoms with E-state index in [-0.39, 0.29) is 11.2 Å². The van der Waals surface area contributed by atoms with Crippen molar-refractivity contribution in [2.24, 2.45) is 5.92 Å². The molecule has 1 saturated carbocycles. The summed E-state index contributed by atoms with van der Waals surface area (Å²) < 4.78 is 33.0. The van der Waals surface area contributed by atoms with Crippen molar-refractivity contribution in [1.82, 2.24) is 24.4 Å². The molecule has 9 heteroatoms. The van der Waals surface area contributed by atoms with Crippen LogP contribution < -0.4 is 0 Å². The molecule has 2 aliphatic rings. The monoisotopic (exact) mass is 391 g/mol. The van der Waals surface area contributed by atoms with Gasteiger partial charge in [-0.05, 0) is 31.6 Å². The fraction of sp³-hybridized carbons (Fsp3) is 0.667. The minimum Gasteiger partial charge on any atom is -0.339 e. The molecule has 27 heavy (non-hydrogen) atoms. The third-order valence-corrected chi connectivity index (χ3v) is 7.90. The van der Waals surface area contributed by atoms with Crippen molar-refractivity contribution in [3.8, 4) is 11.5 Å². The molecule has 0 amide bonds. The predicted octanol–water partition coefficient (Wildman–Crippen LogP) is 2.44. The lowest BCUT2D eigenvalue weighted by atomic mass is 9.96. The van der Waals surface area contributed by atoms with Crippen LogP contribution in [0.25, 0.3) is 11.5 Å². The SMILES string of the molecule is O=S(=O)(C1CCCCC1)N1CCCC(Cc2nc(-c3cnccn3)no2)C1. The van der Waals surface area contributed by atoms with Crippen molar-refractivity contribution in [2.45, 2.75) is 56.6 Å². The normalized spacial score (nSPS) is 22.7. The molecule has 1 atom stereocenters. The van der Waals surface area contributed by atoms with Gasteiger partial charge in [-0.15, -0.1) is 0 Å². The number of sulfonamides is 1. The van der Waals surface area contributed by atoms with Crippen molar-refractivity contribution >= 4 is 10.0 Å². The quantitative estimate of drug-likeness (QED) is 0.771. The molecule has 146 valence electrons. The van der Waals surface area contributed by atoms with Gasteiger partial charge in [0.2, 0.25) is 21.7 Å². The zero-order valence-electron chi connectivity index (χ0n) is 15.3. The number of rotatable bonds is 5. The molecular weight excluding hydrogens is 366 g/mol. The van der Waals surface area contributed by atoms with Crippen LogP contribution >= 0.6 is 0 Å². The first-order valence-electron chi connectivity index (χ1n) is 9.71. The number of hydrogen-bond acceptors (Lipinski definition) is 7. The van der Waals surface area contributed by atoms with E-state index in [2.05, 4.69) is 20.1 Å². The summed E-state index contributed by atoms with van der Waals surface area (Å²) in [5.74, 6) is 1.14. The van der Waals surface area contributed by atoms with E-state index in [0.29, 0.717) is 36.9 Å². The van der Waals surface area contributed by atoms with Crippen molar-refractivity contribution in [1.29, 1.82) is 0 Å². The van der Waals surface area contributed by atoms with Gasteiger partial charge in [0.05, 0.1) is 11.4 Å². The summed E-state index contributed by atoms with van der Waals surface area (Å²) in [6, 6.07) is 0. The van der Waals surface area contributed by atoms with E-state index in [4.69, 9.17) is 4.52 Å². The van der Waals surface area contributed by atoms with E-state index in [1.807, 2.05) is 0 Å². The molecule has 0 bridgehead atoms. The standard InChI is InChI=1S/C18H25N5O3S/c24-27(25,15-6-2-1-3-7-15)23-10-4-5-14(13-23)11-17-21-18(22-26-17)16-12-19-8-9-20-16/h8-9,12,14-15H,1-7,10-11,13H2. The van der Waals surface area contributed by atoms with Crippen LogP contribution in [0.3, 0.4) is 0 Å². The average molecular weight is 391 g/mol. The minimum absolute atomic E-state index is 0.198. The fourth-order valence-corrected chi connectivity index (χ4v) is 6.25. The Bertz CT molecular complexity index is 849. The maximum absolute atomic E-state index is 13.0. The summed E-state index contributed by atoms with van der Waals surface area (Å²) in [6.07, 6.45) is 12.0. The molecule has 1 aliphatic carbocycles. The highest BCUT2D eigenvalue weighted by molar-refractivity contribution is 7.89. The van der Waals surface area contributed by atoms with Gasteiger partial charge in [0.15, 0.2) is 0 Å². The topological polar surface area (TPSA) is 102 Å². The second-order valence-electron chi connectivity index (χ2n) is 7.48. The molecule has 2 aromatic heterocycles. The maximum atomic E-state index is 13.0. The maximum Gasteiger partial charge on any atom is 0.227 e. The molecule has 4 rings (SSSR count). The Balaban J connectivity index is 1.41. The smallest absolute Gasteiger partial charge is 0.227 e. The second-order valence-corrected chi connectivity index (χ2v) is 9.69. The number of hydrogen-bond donors (Lipinski definition) is 0.